The fourth-order valence-corrected chi connectivity index (χ4v) is 4.36. The molecule has 0 spiro atoms. The van der Waals surface area contributed by atoms with Crippen molar-refractivity contribution in [1.82, 2.24) is 10.2 Å². The number of halogens is 5. The minimum absolute atomic E-state index is 0.0646. The molecule has 0 aliphatic carbocycles. The zero-order chi connectivity index (χ0) is 28.1. The van der Waals surface area contributed by atoms with Crippen molar-refractivity contribution in [3.8, 4) is 22.1 Å². The molecule has 0 saturated carbocycles. The number of phosphoric ester groups is 1. The van der Waals surface area contributed by atoms with E-state index in [0.29, 0.717) is 0 Å². The molecule has 0 aliphatic rings. The van der Waals surface area contributed by atoms with Gasteiger partial charge in [-0.1, -0.05) is 17.4 Å². The highest BCUT2D eigenvalue weighted by Crippen LogP contribution is 2.41. The first-order valence-corrected chi connectivity index (χ1v) is 13.3. The number of nitrogens with zero attached hydrogens (tertiary/aromatic N) is 2. The molecule has 9 nitrogen and oxygen atoms in total. The van der Waals surface area contributed by atoms with Crippen LogP contribution in [0.15, 0.2) is 36.4 Å². The third kappa shape index (κ3) is 8.16. The Hall–Kier alpha value is -2.68. The monoisotopic (exact) mass is 583 g/mol. The molecule has 2 aromatic carbocycles. The van der Waals surface area contributed by atoms with Crippen molar-refractivity contribution < 1.29 is 50.3 Å². The number of aromatic nitrogens is 2. The fraction of sp³-hybridized carbons (Fsp3) is 0.364. The number of para-hydroxylation sites is 1. The number of hydrogen-bond acceptors (Lipinski definition) is 8. The van der Waals surface area contributed by atoms with Gasteiger partial charge in [-0.3, -0.25) is 4.52 Å². The summed E-state index contributed by atoms with van der Waals surface area (Å²) in [6.07, 6.45) is -4.24. The number of alkyl halides is 3. The van der Waals surface area contributed by atoms with Crippen LogP contribution in [-0.2, 0) is 20.8 Å². The number of hydrogen-bond donors (Lipinski definition) is 3. The maximum Gasteiger partial charge on any atom is 0.469 e. The third-order valence-corrected chi connectivity index (χ3v) is 6.66. The highest BCUT2D eigenvalue weighted by Gasteiger charge is 2.35. The van der Waals surface area contributed by atoms with Gasteiger partial charge in [-0.25, -0.2) is 13.3 Å². The van der Waals surface area contributed by atoms with Gasteiger partial charge in [-0.05, 0) is 50.1 Å². The lowest BCUT2D eigenvalue weighted by Crippen LogP contribution is -2.37. The predicted molar refractivity (Wildman–Crippen MR) is 126 cm³/mol. The Labute approximate surface area is 217 Å². The van der Waals surface area contributed by atoms with Gasteiger partial charge >= 0.3 is 14.0 Å². The maximum atomic E-state index is 13.7. The minimum Gasteiger partial charge on any atom is -0.493 e. The zero-order valence-corrected chi connectivity index (χ0v) is 21.5. The van der Waals surface area contributed by atoms with Crippen molar-refractivity contribution in [1.29, 1.82) is 0 Å². The summed E-state index contributed by atoms with van der Waals surface area (Å²) in [5, 5.41) is 7.85. The molecule has 1 atom stereocenters. The summed E-state index contributed by atoms with van der Waals surface area (Å²) in [5.74, 6) is -2.66. The molecule has 1 aromatic heterocycles. The lowest BCUT2D eigenvalue weighted by molar-refractivity contribution is -0.138. The van der Waals surface area contributed by atoms with E-state index >= 15 is 0 Å². The fourth-order valence-electron chi connectivity index (χ4n) is 3.04. The van der Waals surface area contributed by atoms with E-state index in [1.807, 2.05) is 0 Å². The third-order valence-electron chi connectivity index (χ3n) is 4.94. The highest BCUT2D eigenvalue weighted by molar-refractivity contribution is 7.46. The lowest BCUT2D eigenvalue weighted by Gasteiger charge is -2.21. The van der Waals surface area contributed by atoms with Gasteiger partial charge < -0.3 is 25.0 Å². The lowest BCUT2D eigenvalue weighted by atomic mass is 10.1. The van der Waals surface area contributed by atoms with Crippen LogP contribution in [0.1, 0.15) is 30.3 Å². The Bertz CT molecular complexity index is 1280. The van der Waals surface area contributed by atoms with E-state index in [4.69, 9.17) is 25.0 Å². The average molecular weight is 583 g/mol. The molecule has 3 rings (SSSR count). The number of benzene rings is 2. The van der Waals surface area contributed by atoms with E-state index in [1.54, 1.807) is 0 Å². The standard InChI is InChI=1S/C22H23F5N3O6PS/c1-21(28,12-36-37(31,32)33)20-30-29-19(38-20)13-7-8-17(14(11-13)22(25,26)27)34-9-2-3-10-35-18-15(23)5-4-6-16(18)24/h4-8,11H,2-3,9-10,12,28H2,1H3,(H2,31,32,33)/t21-/m0/s1. The second-order valence-electron chi connectivity index (χ2n) is 8.26. The van der Waals surface area contributed by atoms with Crippen LogP contribution in [0.2, 0.25) is 0 Å². The average Bonchev–Trinajstić information content (AvgIpc) is 3.32. The number of nitrogens with two attached hydrogens (primary N) is 1. The van der Waals surface area contributed by atoms with E-state index in [0.717, 1.165) is 35.6 Å². The number of unbranched alkanes of at least 4 members (excludes halogenated alkanes) is 1. The molecule has 4 N–H and O–H groups in total. The number of rotatable bonds is 12. The molecule has 0 saturated heterocycles. The minimum atomic E-state index is -4.80. The Morgan fingerprint density at radius 3 is 2.26 bits per heavy atom. The Kier molecular flexibility index (Phi) is 9.44. The maximum absolute atomic E-state index is 13.7. The first-order valence-electron chi connectivity index (χ1n) is 10.9. The van der Waals surface area contributed by atoms with Crippen LogP contribution in [-0.4, -0.2) is 39.8 Å². The second kappa shape index (κ2) is 12.0. The van der Waals surface area contributed by atoms with Crippen LogP contribution in [0.25, 0.3) is 10.6 Å². The summed E-state index contributed by atoms with van der Waals surface area (Å²) >= 11 is 0.840. The Morgan fingerprint density at radius 1 is 1.03 bits per heavy atom. The molecular weight excluding hydrogens is 560 g/mol. The second-order valence-corrected chi connectivity index (χ2v) is 10.5. The van der Waals surface area contributed by atoms with Crippen LogP contribution >= 0.6 is 19.2 Å². The van der Waals surface area contributed by atoms with E-state index in [9.17, 15) is 26.5 Å². The van der Waals surface area contributed by atoms with Crippen LogP contribution in [0.5, 0.6) is 11.5 Å². The molecule has 208 valence electrons. The van der Waals surface area contributed by atoms with Crippen molar-refractivity contribution in [2.24, 2.45) is 5.73 Å². The van der Waals surface area contributed by atoms with Gasteiger partial charge in [0.25, 0.3) is 0 Å². The SMILES string of the molecule is C[C@](N)(COP(=O)(O)O)c1nnc(-c2ccc(OCCCCOc3c(F)cccc3F)c(C(F)(F)F)c2)s1. The van der Waals surface area contributed by atoms with Crippen molar-refractivity contribution in [2.45, 2.75) is 31.5 Å². The summed E-state index contributed by atoms with van der Waals surface area (Å²) in [6, 6.07) is 6.59. The Morgan fingerprint density at radius 2 is 1.66 bits per heavy atom. The van der Waals surface area contributed by atoms with Crippen LogP contribution in [0.3, 0.4) is 0 Å². The normalized spacial score (nSPS) is 13.8. The smallest absolute Gasteiger partial charge is 0.469 e. The van der Waals surface area contributed by atoms with Crippen molar-refractivity contribution in [3.05, 3.63) is 58.6 Å². The van der Waals surface area contributed by atoms with E-state index in [2.05, 4.69) is 14.7 Å². The topological polar surface area (TPSA) is 137 Å². The molecule has 0 bridgehead atoms. The van der Waals surface area contributed by atoms with Gasteiger partial charge in [0, 0.05) is 5.56 Å². The van der Waals surface area contributed by atoms with Crippen molar-refractivity contribution in [3.63, 3.8) is 0 Å². The van der Waals surface area contributed by atoms with Crippen LogP contribution in [0.4, 0.5) is 22.0 Å². The number of phosphoric acid groups is 1. The summed E-state index contributed by atoms with van der Waals surface area (Å²) < 4.78 is 94.0. The predicted octanol–water partition coefficient (Wildman–Crippen LogP) is 5.02. The van der Waals surface area contributed by atoms with E-state index < -0.39 is 54.8 Å². The quantitative estimate of drug-likeness (QED) is 0.152. The molecule has 38 heavy (non-hydrogen) atoms. The van der Waals surface area contributed by atoms with Crippen LogP contribution < -0.4 is 15.2 Å². The van der Waals surface area contributed by atoms with Gasteiger partial charge in [0.2, 0.25) is 0 Å². The van der Waals surface area contributed by atoms with Crippen molar-refractivity contribution >= 4 is 19.2 Å². The van der Waals surface area contributed by atoms with Gasteiger partial charge in [-0.2, -0.15) is 13.2 Å². The van der Waals surface area contributed by atoms with Gasteiger partial charge in [0.1, 0.15) is 15.8 Å². The molecule has 0 aliphatic heterocycles. The van der Waals surface area contributed by atoms with E-state index in [-0.39, 0.29) is 41.6 Å². The molecule has 0 fully saturated rings. The molecular formula is C22H23F5N3O6PS. The number of ether oxygens (including phenoxy) is 2. The van der Waals surface area contributed by atoms with Gasteiger partial charge in [-0.15, -0.1) is 10.2 Å². The molecule has 0 radical (unpaired) electrons. The van der Waals surface area contributed by atoms with Crippen LogP contribution in [0, 0.1) is 11.6 Å². The van der Waals surface area contributed by atoms with Crippen molar-refractivity contribution in [2.75, 3.05) is 19.8 Å². The van der Waals surface area contributed by atoms with E-state index in [1.165, 1.54) is 19.1 Å². The largest absolute Gasteiger partial charge is 0.493 e. The molecule has 1 heterocycles. The first-order chi connectivity index (χ1) is 17.7. The molecule has 0 amide bonds. The Balaban J connectivity index is 1.64. The van der Waals surface area contributed by atoms with Gasteiger partial charge in [0.15, 0.2) is 17.4 Å². The molecule has 0 unspecified atom stereocenters. The highest BCUT2D eigenvalue weighted by atomic mass is 32.1. The summed E-state index contributed by atoms with van der Waals surface area (Å²) in [6.45, 7) is 0.597. The zero-order valence-electron chi connectivity index (χ0n) is 19.7. The summed E-state index contributed by atoms with van der Waals surface area (Å²) in [5.41, 5.74) is 3.54. The summed E-state index contributed by atoms with van der Waals surface area (Å²) in [7, 11) is -4.80. The van der Waals surface area contributed by atoms with Gasteiger partial charge in [0.05, 0.1) is 30.9 Å². The molecule has 3 aromatic rings. The first kappa shape index (κ1) is 29.9. The molecule has 16 heteroatoms. The summed E-state index contributed by atoms with van der Waals surface area (Å²) in [4.78, 5) is 17.7.